The van der Waals surface area contributed by atoms with Crippen molar-refractivity contribution in [2.45, 2.75) is 19.4 Å². The number of fused-ring (bicyclic) bond motifs is 1. The molecule has 6 nitrogen and oxygen atoms in total. The minimum atomic E-state index is -1.02. The Hall–Kier alpha value is -2.08. The molecule has 0 saturated carbocycles. The average Bonchev–Trinajstić information content (AvgIpc) is 2.63. The lowest BCUT2D eigenvalue weighted by atomic mass is 10.1. The van der Waals surface area contributed by atoms with E-state index in [1.54, 1.807) is 17.7 Å². The molecule has 0 aliphatic rings. The minimum Gasteiger partial charge on any atom is -0.478 e. The smallest absolute Gasteiger partial charge is 0.335 e. The van der Waals surface area contributed by atoms with Gasteiger partial charge in [-0.1, -0.05) is 0 Å². The summed E-state index contributed by atoms with van der Waals surface area (Å²) >= 11 is 0. The third-order valence-electron chi connectivity index (χ3n) is 3.03. The number of hydrogen-bond acceptors (Lipinski definition) is 3. The first-order chi connectivity index (χ1) is 8.86. The minimum absolute atomic E-state index is 0.144. The van der Waals surface area contributed by atoms with Gasteiger partial charge in [0.05, 0.1) is 28.7 Å². The first kappa shape index (κ1) is 13.4. The number of hydrogen-bond donors (Lipinski definition) is 2. The lowest BCUT2D eigenvalue weighted by molar-refractivity contribution is 0.0697. The first-order valence-corrected chi connectivity index (χ1v) is 5.84. The van der Waals surface area contributed by atoms with E-state index < -0.39 is 11.5 Å². The van der Waals surface area contributed by atoms with Crippen molar-refractivity contribution in [3.8, 4) is 0 Å². The fourth-order valence-corrected chi connectivity index (χ4v) is 2.26. The molecule has 0 aliphatic carbocycles. The van der Waals surface area contributed by atoms with E-state index in [1.807, 2.05) is 13.8 Å². The van der Waals surface area contributed by atoms with Gasteiger partial charge >= 0.3 is 11.7 Å². The summed E-state index contributed by atoms with van der Waals surface area (Å²) in [4.78, 5) is 25.6. The Morgan fingerprint density at radius 3 is 2.74 bits per heavy atom. The van der Waals surface area contributed by atoms with Crippen LogP contribution in [-0.4, -0.2) is 34.3 Å². The Morgan fingerprint density at radius 1 is 1.47 bits per heavy atom. The van der Waals surface area contributed by atoms with E-state index >= 15 is 0 Å². The number of carboxylic acids is 1. The maximum Gasteiger partial charge on any atom is 0.335 e. The van der Waals surface area contributed by atoms with Gasteiger partial charge in [-0.25, -0.2) is 9.59 Å². The van der Waals surface area contributed by atoms with Crippen LogP contribution in [0.4, 0.5) is 0 Å². The number of aromatic nitrogens is 2. The molecule has 1 aromatic heterocycles. The van der Waals surface area contributed by atoms with E-state index in [4.69, 9.17) is 9.84 Å². The van der Waals surface area contributed by atoms with Gasteiger partial charge in [-0.3, -0.25) is 4.57 Å². The van der Waals surface area contributed by atoms with Crippen LogP contribution in [0.5, 0.6) is 0 Å². The number of methoxy groups -OCH3 is 1. The van der Waals surface area contributed by atoms with Crippen molar-refractivity contribution in [1.29, 1.82) is 0 Å². The maximum absolute atomic E-state index is 12.0. The Labute approximate surface area is 109 Å². The van der Waals surface area contributed by atoms with Crippen molar-refractivity contribution >= 4 is 17.0 Å². The topological polar surface area (TPSA) is 84.3 Å². The predicted molar refractivity (Wildman–Crippen MR) is 70.7 cm³/mol. The molecule has 19 heavy (non-hydrogen) atoms. The molecule has 2 rings (SSSR count). The van der Waals surface area contributed by atoms with E-state index in [1.165, 1.54) is 12.1 Å². The van der Waals surface area contributed by atoms with Crippen molar-refractivity contribution in [2.75, 3.05) is 13.7 Å². The number of ether oxygens (including phenoxy) is 1. The van der Waals surface area contributed by atoms with Crippen LogP contribution in [0.1, 0.15) is 24.2 Å². The highest BCUT2D eigenvalue weighted by Crippen LogP contribution is 2.21. The van der Waals surface area contributed by atoms with Gasteiger partial charge in [-0.2, -0.15) is 0 Å². The molecule has 6 heteroatoms. The predicted octanol–water partition coefficient (Wildman–Crippen LogP) is 1.41. The first-order valence-electron chi connectivity index (χ1n) is 5.84. The van der Waals surface area contributed by atoms with Crippen LogP contribution in [0.15, 0.2) is 23.0 Å². The number of carboxylic acid groups (broad SMARTS) is 1. The molecule has 2 N–H and O–H groups in total. The number of benzene rings is 1. The molecular formula is C13H16N2O4. The van der Waals surface area contributed by atoms with Crippen molar-refractivity contribution in [3.63, 3.8) is 0 Å². The largest absolute Gasteiger partial charge is 0.478 e. The summed E-state index contributed by atoms with van der Waals surface area (Å²) < 4.78 is 6.71. The summed E-state index contributed by atoms with van der Waals surface area (Å²) in [5.74, 6) is -1.02. The molecular weight excluding hydrogens is 248 g/mol. The number of imidazole rings is 1. The van der Waals surface area contributed by atoms with E-state index in [0.717, 1.165) is 0 Å². The van der Waals surface area contributed by atoms with E-state index in [-0.39, 0.29) is 11.3 Å². The Morgan fingerprint density at radius 2 is 2.16 bits per heavy atom. The second-order valence-electron chi connectivity index (χ2n) is 5.05. The van der Waals surface area contributed by atoms with Crippen molar-refractivity contribution in [3.05, 3.63) is 34.2 Å². The molecule has 0 fully saturated rings. The van der Waals surface area contributed by atoms with Gasteiger partial charge in [-0.05, 0) is 32.0 Å². The quantitative estimate of drug-likeness (QED) is 0.874. The number of aromatic carboxylic acids is 1. The van der Waals surface area contributed by atoms with Crippen LogP contribution in [0, 0.1) is 0 Å². The van der Waals surface area contributed by atoms with Gasteiger partial charge in [0, 0.05) is 7.11 Å². The fraction of sp³-hybridized carbons (Fsp3) is 0.385. The molecule has 2 aromatic rings. The van der Waals surface area contributed by atoms with Crippen molar-refractivity contribution < 1.29 is 14.6 Å². The average molecular weight is 264 g/mol. The molecule has 0 bridgehead atoms. The molecule has 0 atom stereocenters. The number of nitrogens with zero attached hydrogens (tertiary/aromatic N) is 1. The maximum atomic E-state index is 12.0. The highest BCUT2D eigenvalue weighted by atomic mass is 16.5. The van der Waals surface area contributed by atoms with Crippen molar-refractivity contribution in [1.82, 2.24) is 9.55 Å². The van der Waals surface area contributed by atoms with Crippen LogP contribution in [0.25, 0.3) is 11.0 Å². The zero-order valence-electron chi connectivity index (χ0n) is 11.1. The zero-order valence-corrected chi connectivity index (χ0v) is 11.1. The zero-order chi connectivity index (χ0) is 14.2. The van der Waals surface area contributed by atoms with Gasteiger partial charge in [0.2, 0.25) is 0 Å². The number of carbonyl (C=O) groups is 1. The summed E-state index contributed by atoms with van der Waals surface area (Å²) in [6.07, 6.45) is 0. The second-order valence-corrected chi connectivity index (χ2v) is 5.05. The highest BCUT2D eigenvalue weighted by Gasteiger charge is 2.25. The molecule has 0 radical (unpaired) electrons. The van der Waals surface area contributed by atoms with Crippen LogP contribution in [-0.2, 0) is 10.3 Å². The highest BCUT2D eigenvalue weighted by molar-refractivity contribution is 5.92. The molecule has 1 aromatic carbocycles. The van der Waals surface area contributed by atoms with Gasteiger partial charge in [0.1, 0.15) is 0 Å². The summed E-state index contributed by atoms with van der Waals surface area (Å²) in [5, 5.41) is 8.95. The second kappa shape index (κ2) is 4.55. The Kier molecular flexibility index (Phi) is 3.20. The fourth-order valence-electron chi connectivity index (χ4n) is 2.26. The summed E-state index contributed by atoms with van der Waals surface area (Å²) in [7, 11) is 1.57. The Balaban J connectivity index is 2.67. The van der Waals surface area contributed by atoms with Crippen LogP contribution in [0.2, 0.25) is 0 Å². The SMILES string of the molecule is COCC(C)(C)n1c(=O)[nH]c2cc(C(=O)O)ccc21. The summed E-state index contributed by atoms with van der Waals surface area (Å²) in [6, 6.07) is 4.57. The number of rotatable bonds is 4. The van der Waals surface area contributed by atoms with Gasteiger partial charge in [0.25, 0.3) is 0 Å². The number of H-pyrrole nitrogens is 1. The van der Waals surface area contributed by atoms with E-state index in [0.29, 0.717) is 17.6 Å². The third kappa shape index (κ3) is 2.26. The van der Waals surface area contributed by atoms with Crippen LogP contribution < -0.4 is 5.69 Å². The number of aromatic amines is 1. The molecule has 1 heterocycles. The van der Waals surface area contributed by atoms with Gasteiger partial charge in [0.15, 0.2) is 0 Å². The lowest BCUT2D eigenvalue weighted by Gasteiger charge is -2.25. The third-order valence-corrected chi connectivity index (χ3v) is 3.03. The van der Waals surface area contributed by atoms with E-state index in [9.17, 15) is 9.59 Å². The Bertz CT molecular complexity index is 681. The molecule has 0 spiro atoms. The van der Waals surface area contributed by atoms with Crippen LogP contribution >= 0.6 is 0 Å². The van der Waals surface area contributed by atoms with E-state index in [2.05, 4.69) is 4.98 Å². The lowest BCUT2D eigenvalue weighted by Crippen LogP contribution is -2.38. The molecule has 0 unspecified atom stereocenters. The molecule has 102 valence electrons. The van der Waals surface area contributed by atoms with Crippen LogP contribution in [0.3, 0.4) is 0 Å². The molecule has 0 saturated heterocycles. The monoisotopic (exact) mass is 264 g/mol. The molecule has 0 amide bonds. The number of nitrogens with one attached hydrogen (secondary N) is 1. The van der Waals surface area contributed by atoms with Gasteiger partial charge < -0.3 is 14.8 Å². The summed E-state index contributed by atoms with van der Waals surface area (Å²) in [6.45, 7) is 4.15. The van der Waals surface area contributed by atoms with Gasteiger partial charge in [-0.15, -0.1) is 0 Å². The summed E-state index contributed by atoms with van der Waals surface area (Å²) in [5.41, 5.74) is 0.519. The normalized spacial score (nSPS) is 11.9. The standard InChI is InChI=1S/C13H16N2O4/c1-13(2,7-19-3)15-10-5-4-8(11(16)17)6-9(10)14-12(15)18/h4-6H,7H2,1-3H3,(H,14,18)(H,16,17). The van der Waals surface area contributed by atoms with Crippen molar-refractivity contribution in [2.24, 2.45) is 0 Å². The molecule has 0 aliphatic heterocycles.